The van der Waals surface area contributed by atoms with E-state index in [9.17, 15) is 10.5 Å². The molecule has 7 aromatic rings. The Bertz CT molecular complexity index is 2160. The van der Waals surface area contributed by atoms with Crippen LogP contribution in [-0.4, -0.2) is 9.55 Å². The highest BCUT2D eigenvalue weighted by molar-refractivity contribution is 6.11. The van der Waals surface area contributed by atoms with Gasteiger partial charge in [-0.15, -0.1) is 0 Å². The molecule has 0 unspecified atom stereocenters. The van der Waals surface area contributed by atoms with Crippen LogP contribution in [0.5, 0.6) is 0 Å². The van der Waals surface area contributed by atoms with E-state index in [-0.39, 0.29) is 0 Å². The normalized spacial score (nSPS) is 10.9. The van der Waals surface area contributed by atoms with Crippen molar-refractivity contribution < 1.29 is 0 Å². The number of benzene rings is 5. The molecule has 0 aliphatic rings. The summed E-state index contributed by atoms with van der Waals surface area (Å²) in [4.78, 5) is 4.18. The number of nitrogens with zero attached hydrogens (tertiary/aromatic N) is 4. The van der Waals surface area contributed by atoms with Gasteiger partial charge in [-0.25, -0.2) is 0 Å². The van der Waals surface area contributed by atoms with E-state index in [4.69, 9.17) is 0 Å². The maximum Gasteiger partial charge on any atom is 0.0998 e. The number of aromatic nitrogens is 2. The first-order valence-electron chi connectivity index (χ1n) is 13.3. The highest BCUT2D eigenvalue weighted by atomic mass is 15.0. The molecule has 4 nitrogen and oxygen atoms in total. The van der Waals surface area contributed by atoms with Gasteiger partial charge in [0.05, 0.1) is 40.0 Å². The fraction of sp³-hybridized carbons (Fsp3) is 0. The summed E-state index contributed by atoms with van der Waals surface area (Å²) in [7, 11) is 0. The summed E-state index contributed by atoms with van der Waals surface area (Å²) >= 11 is 0. The first kappa shape index (κ1) is 24.1. The summed E-state index contributed by atoms with van der Waals surface area (Å²) in [5, 5.41) is 22.2. The average Bonchev–Trinajstić information content (AvgIpc) is 3.38. The molecule has 190 valence electrons. The Kier molecular flexibility index (Phi) is 5.86. The minimum atomic E-state index is 0.606. The molecular formula is C37H22N4. The van der Waals surface area contributed by atoms with Crippen molar-refractivity contribution in [2.75, 3.05) is 0 Å². The van der Waals surface area contributed by atoms with Crippen molar-refractivity contribution in [3.8, 4) is 51.2 Å². The molecule has 2 heterocycles. The van der Waals surface area contributed by atoms with E-state index in [0.717, 1.165) is 60.9 Å². The van der Waals surface area contributed by atoms with Gasteiger partial charge in [-0.3, -0.25) is 4.98 Å². The zero-order valence-corrected chi connectivity index (χ0v) is 22.0. The monoisotopic (exact) mass is 522 g/mol. The third-order valence-electron chi connectivity index (χ3n) is 7.60. The topological polar surface area (TPSA) is 65.4 Å². The van der Waals surface area contributed by atoms with Gasteiger partial charge in [-0.2, -0.15) is 10.5 Å². The second-order valence-electron chi connectivity index (χ2n) is 9.87. The lowest BCUT2D eigenvalue weighted by Gasteiger charge is -2.17. The minimum Gasteiger partial charge on any atom is -0.309 e. The van der Waals surface area contributed by atoms with Crippen molar-refractivity contribution in [3.63, 3.8) is 0 Å². The molecule has 0 fully saturated rings. The van der Waals surface area contributed by atoms with Gasteiger partial charge in [0.25, 0.3) is 0 Å². The van der Waals surface area contributed by atoms with E-state index in [0.29, 0.717) is 11.1 Å². The fourth-order valence-corrected chi connectivity index (χ4v) is 5.72. The van der Waals surface area contributed by atoms with Gasteiger partial charge < -0.3 is 4.57 Å². The van der Waals surface area contributed by atoms with Gasteiger partial charge in [0.1, 0.15) is 0 Å². The van der Waals surface area contributed by atoms with Crippen LogP contribution in [0.4, 0.5) is 0 Å². The molecule has 0 saturated heterocycles. The number of hydrogen-bond acceptors (Lipinski definition) is 3. The number of para-hydroxylation sites is 1. The Hall–Kier alpha value is -5.97. The van der Waals surface area contributed by atoms with Gasteiger partial charge in [0.15, 0.2) is 0 Å². The summed E-state index contributed by atoms with van der Waals surface area (Å²) < 4.78 is 2.29. The predicted molar refractivity (Wildman–Crippen MR) is 164 cm³/mol. The third-order valence-corrected chi connectivity index (χ3v) is 7.60. The van der Waals surface area contributed by atoms with Crippen LogP contribution in [0.3, 0.4) is 0 Å². The number of rotatable bonds is 4. The number of nitriles is 2. The summed E-state index contributed by atoms with van der Waals surface area (Å²) in [5.41, 5.74) is 10.1. The molecule has 0 radical (unpaired) electrons. The lowest BCUT2D eigenvalue weighted by molar-refractivity contribution is 1.18. The largest absolute Gasteiger partial charge is 0.309 e. The quantitative estimate of drug-likeness (QED) is 0.232. The van der Waals surface area contributed by atoms with Crippen LogP contribution in [0.15, 0.2) is 134 Å². The van der Waals surface area contributed by atoms with Crippen LogP contribution < -0.4 is 0 Å². The van der Waals surface area contributed by atoms with Crippen LogP contribution >= 0.6 is 0 Å². The summed E-state index contributed by atoms with van der Waals surface area (Å²) in [6.45, 7) is 0. The van der Waals surface area contributed by atoms with Gasteiger partial charge in [0, 0.05) is 34.3 Å². The van der Waals surface area contributed by atoms with E-state index >= 15 is 0 Å². The molecule has 2 aromatic heterocycles. The Morgan fingerprint density at radius 2 is 1.17 bits per heavy atom. The Labute approximate surface area is 237 Å². The average molecular weight is 523 g/mol. The van der Waals surface area contributed by atoms with Gasteiger partial charge in [0.2, 0.25) is 0 Å². The van der Waals surface area contributed by atoms with Crippen LogP contribution in [0.25, 0.3) is 60.9 Å². The highest BCUT2D eigenvalue weighted by Crippen LogP contribution is 2.40. The minimum absolute atomic E-state index is 0.606. The fourth-order valence-electron chi connectivity index (χ4n) is 5.72. The molecule has 0 amide bonds. The second kappa shape index (κ2) is 9.97. The first-order valence-corrected chi connectivity index (χ1v) is 13.3. The number of hydrogen-bond donors (Lipinski definition) is 0. The van der Waals surface area contributed by atoms with Crippen molar-refractivity contribution in [1.82, 2.24) is 9.55 Å². The van der Waals surface area contributed by atoms with Gasteiger partial charge in [-0.1, -0.05) is 72.8 Å². The maximum atomic E-state index is 10.2. The van der Waals surface area contributed by atoms with Gasteiger partial charge in [-0.05, 0) is 70.8 Å². The number of pyridine rings is 1. The van der Waals surface area contributed by atoms with Crippen molar-refractivity contribution >= 4 is 21.8 Å². The molecule has 0 atom stereocenters. The van der Waals surface area contributed by atoms with E-state index in [2.05, 4.69) is 82.4 Å². The maximum absolute atomic E-state index is 10.2. The molecule has 4 heteroatoms. The Morgan fingerprint density at radius 3 is 1.98 bits per heavy atom. The highest BCUT2D eigenvalue weighted by Gasteiger charge is 2.19. The van der Waals surface area contributed by atoms with Crippen LogP contribution in [0.2, 0.25) is 0 Å². The summed E-state index contributed by atoms with van der Waals surface area (Å²) in [6, 6.07) is 45.5. The molecule has 7 rings (SSSR count). The van der Waals surface area contributed by atoms with Gasteiger partial charge >= 0.3 is 0 Å². The zero-order chi connectivity index (χ0) is 27.8. The Morgan fingerprint density at radius 1 is 0.488 bits per heavy atom. The van der Waals surface area contributed by atoms with Crippen molar-refractivity contribution in [3.05, 3.63) is 145 Å². The Balaban J connectivity index is 1.58. The van der Waals surface area contributed by atoms with Crippen molar-refractivity contribution in [1.29, 1.82) is 10.5 Å². The summed E-state index contributed by atoms with van der Waals surface area (Å²) in [6.07, 6.45) is 3.50. The standard InChI is InChI=1S/C37H22N4/c38-23-28-10-4-5-11-30(28)27-14-15-36-34(20-27)31-12-6-7-13-35(31)41(36)37-22-32(26-16-18-40-19-17-26)29(24-39)21-33(37)25-8-2-1-3-9-25/h1-22H. The third kappa shape index (κ3) is 4.03. The second-order valence-corrected chi connectivity index (χ2v) is 9.87. The predicted octanol–water partition coefficient (Wildman–Crippen LogP) is 8.92. The molecule has 0 spiro atoms. The molecule has 0 N–H and O–H groups in total. The van der Waals surface area contributed by atoms with E-state index < -0.39 is 0 Å². The number of fused-ring (bicyclic) bond motifs is 3. The molecule has 5 aromatic carbocycles. The molecular weight excluding hydrogens is 500 g/mol. The zero-order valence-electron chi connectivity index (χ0n) is 22.0. The smallest absolute Gasteiger partial charge is 0.0998 e. The molecule has 0 aliphatic carbocycles. The van der Waals surface area contributed by atoms with Crippen LogP contribution in [-0.2, 0) is 0 Å². The summed E-state index contributed by atoms with van der Waals surface area (Å²) in [5.74, 6) is 0. The van der Waals surface area contributed by atoms with Crippen molar-refractivity contribution in [2.45, 2.75) is 0 Å². The van der Waals surface area contributed by atoms with E-state index in [1.807, 2.05) is 60.7 Å². The molecule has 41 heavy (non-hydrogen) atoms. The van der Waals surface area contributed by atoms with Crippen LogP contribution in [0, 0.1) is 22.7 Å². The van der Waals surface area contributed by atoms with Crippen LogP contribution in [0.1, 0.15) is 11.1 Å². The lowest BCUT2D eigenvalue weighted by atomic mass is 9.94. The molecule has 0 aliphatic heterocycles. The van der Waals surface area contributed by atoms with E-state index in [1.54, 1.807) is 12.4 Å². The van der Waals surface area contributed by atoms with Crippen molar-refractivity contribution in [2.24, 2.45) is 0 Å². The molecule has 0 saturated carbocycles. The van der Waals surface area contributed by atoms with E-state index in [1.165, 1.54) is 0 Å². The first-order chi connectivity index (χ1) is 20.3. The lowest BCUT2D eigenvalue weighted by Crippen LogP contribution is -2.00. The SMILES string of the molecule is N#Cc1ccccc1-c1ccc2c(c1)c1ccccc1n2-c1cc(-c2ccncc2)c(C#N)cc1-c1ccccc1. The molecule has 0 bridgehead atoms.